The number of ether oxygens (including phenoxy) is 1. The van der Waals surface area contributed by atoms with Gasteiger partial charge in [0, 0.05) is 23.5 Å². The van der Waals surface area contributed by atoms with Crippen molar-refractivity contribution in [3.05, 3.63) is 29.3 Å². The van der Waals surface area contributed by atoms with Gasteiger partial charge in [0.25, 0.3) is 5.91 Å². The van der Waals surface area contributed by atoms with Gasteiger partial charge in [0.1, 0.15) is 5.75 Å². The zero-order valence-corrected chi connectivity index (χ0v) is 13.8. The van der Waals surface area contributed by atoms with Crippen molar-refractivity contribution in [2.75, 3.05) is 19.0 Å². The molecular formula is C16H22BrNO2. The minimum Gasteiger partial charge on any atom is -0.496 e. The molecule has 2 rings (SSSR count). The van der Waals surface area contributed by atoms with Gasteiger partial charge in [0.05, 0.1) is 7.11 Å². The summed E-state index contributed by atoms with van der Waals surface area (Å²) in [6.45, 7) is 2.81. The molecule has 1 aromatic rings. The van der Waals surface area contributed by atoms with Gasteiger partial charge in [-0.3, -0.25) is 4.79 Å². The number of carbonyl (C=O) groups excluding carboxylic acids is 1. The lowest BCUT2D eigenvalue weighted by Gasteiger charge is -2.37. The summed E-state index contributed by atoms with van der Waals surface area (Å²) in [5.74, 6) is 0.916. The van der Waals surface area contributed by atoms with Gasteiger partial charge in [0.15, 0.2) is 0 Å². The number of aryl methyl sites for hydroxylation is 1. The van der Waals surface area contributed by atoms with E-state index in [2.05, 4.69) is 15.9 Å². The molecule has 0 spiro atoms. The lowest BCUT2D eigenvalue weighted by Crippen LogP contribution is -2.44. The summed E-state index contributed by atoms with van der Waals surface area (Å²) in [4.78, 5) is 14.8. The molecule has 0 aliphatic heterocycles. The van der Waals surface area contributed by atoms with Gasteiger partial charge in [-0.05, 0) is 50.3 Å². The maximum atomic E-state index is 12.7. The summed E-state index contributed by atoms with van der Waals surface area (Å²) in [5.41, 5.74) is 1.79. The van der Waals surface area contributed by atoms with Crippen LogP contribution in [-0.4, -0.2) is 35.8 Å². The van der Waals surface area contributed by atoms with E-state index in [1.807, 2.05) is 30.0 Å². The van der Waals surface area contributed by atoms with Crippen LogP contribution >= 0.6 is 15.9 Å². The smallest absolute Gasteiger partial charge is 0.254 e. The average Bonchev–Trinajstić information content (AvgIpc) is 2.41. The molecule has 0 N–H and O–H groups in total. The van der Waals surface area contributed by atoms with Gasteiger partial charge in [0.2, 0.25) is 0 Å². The van der Waals surface area contributed by atoms with Crippen LogP contribution in [0.2, 0.25) is 0 Å². The predicted octanol–water partition coefficient (Wildman–Crippen LogP) is 3.78. The fourth-order valence-corrected chi connectivity index (χ4v) is 2.75. The molecule has 0 unspecified atom stereocenters. The number of benzene rings is 1. The van der Waals surface area contributed by atoms with E-state index in [0.717, 1.165) is 48.0 Å². The first-order valence-electron chi connectivity index (χ1n) is 7.19. The lowest BCUT2D eigenvalue weighted by atomic mass is 9.90. The third-order valence-electron chi connectivity index (χ3n) is 3.96. The molecule has 0 atom stereocenters. The van der Waals surface area contributed by atoms with Crippen molar-refractivity contribution in [1.82, 2.24) is 4.90 Å². The third kappa shape index (κ3) is 3.35. The van der Waals surface area contributed by atoms with Crippen molar-refractivity contribution in [2.24, 2.45) is 0 Å². The van der Waals surface area contributed by atoms with E-state index in [4.69, 9.17) is 4.74 Å². The van der Waals surface area contributed by atoms with Crippen LogP contribution in [0.5, 0.6) is 5.75 Å². The molecule has 20 heavy (non-hydrogen) atoms. The van der Waals surface area contributed by atoms with Crippen molar-refractivity contribution < 1.29 is 9.53 Å². The van der Waals surface area contributed by atoms with E-state index in [9.17, 15) is 4.79 Å². The quantitative estimate of drug-likeness (QED) is 0.738. The molecule has 1 fully saturated rings. The van der Waals surface area contributed by atoms with Gasteiger partial charge < -0.3 is 9.64 Å². The van der Waals surface area contributed by atoms with E-state index in [1.165, 1.54) is 6.42 Å². The standard InChI is InChI=1S/C16H22BrNO2/c1-12-7-8-13(11-15(12)20-2)16(19)18(10-4-9-17)14-5-3-6-14/h7-8,11,14H,3-6,9-10H2,1-2H3. The summed E-state index contributed by atoms with van der Waals surface area (Å²) in [7, 11) is 1.64. The monoisotopic (exact) mass is 339 g/mol. The van der Waals surface area contributed by atoms with Crippen LogP contribution in [-0.2, 0) is 0 Å². The molecule has 0 heterocycles. The van der Waals surface area contributed by atoms with E-state index in [-0.39, 0.29) is 5.91 Å². The molecule has 0 radical (unpaired) electrons. The van der Waals surface area contributed by atoms with Crippen molar-refractivity contribution in [2.45, 2.75) is 38.6 Å². The summed E-state index contributed by atoms with van der Waals surface area (Å²) < 4.78 is 5.32. The molecule has 110 valence electrons. The zero-order valence-electron chi connectivity index (χ0n) is 12.2. The zero-order chi connectivity index (χ0) is 14.5. The van der Waals surface area contributed by atoms with E-state index >= 15 is 0 Å². The summed E-state index contributed by atoms with van der Waals surface area (Å²) in [6.07, 6.45) is 4.50. The largest absolute Gasteiger partial charge is 0.496 e. The first kappa shape index (κ1) is 15.4. The third-order valence-corrected chi connectivity index (χ3v) is 4.52. The molecule has 1 aromatic carbocycles. The molecule has 0 saturated heterocycles. The fraction of sp³-hybridized carbons (Fsp3) is 0.562. The molecule has 0 bridgehead atoms. The maximum absolute atomic E-state index is 12.7. The Kier molecular flexibility index (Phi) is 5.46. The Morgan fingerprint density at radius 3 is 2.75 bits per heavy atom. The summed E-state index contributed by atoms with van der Waals surface area (Å²) in [5, 5.41) is 0.931. The minimum absolute atomic E-state index is 0.133. The van der Waals surface area contributed by atoms with E-state index in [1.54, 1.807) is 7.11 Å². The van der Waals surface area contributed by atoms with Crippen LogP contribution in [0.25, 0.3) is 0 Å². The molecular weight excluding hydrogens is 318 g/mol. The Bertz CT molecular complexity index is 472. The second-order valence-corrected chi connectivity index (χ2v) is 6.10. The van der Waals surface area contributed by atoms with Crippen LogP contribution < -0.4 is 4.74 Å². The second-order valence-electron chi connectivity index (χ2n) is 5.31. The SMILES string of the molecule is COc1cc(C(=O)N(CCCBr)C2CCC2)ccc1C. The van der Waals surface area contributed by atoms with Crippen LogP contribution in [0.15, 0.2) is 18.2 Å². The van der Waals surface area contributed by atoms with Gasteiger partial charge in [-0.25, -0.2) is 0 Å². The number of hydrogen-bond acceptors (Lipinski definition) is 2. The Balaban J connectivity index is 2.17. The molecule has 1 amide bonds. The van der Waals surface area contributed by atoms with Gasteiger partial charge >= 0.3 is 0 Å². The van der Waals surface area contributed by atoms with Crippen LogP contribution in [0.4, 0.5) is 0 Å². The molecule has 3 nitrogen and oxygen atoms in total. The number of amides is 1. The number of hydrogen-bond donors (Lipinski definition) is 0. The number of carbonyl (C=O) groups is 1. The Hall–Kier alpha value is -1.03. The topological polar surface area (TPSA) is 29.5 Å². The highest BCUT2D eigenvalue weighted by molar-refractivity contribution is 9.09. The van der Waals surface area contributed by atoms with Crippen molar-refractivity contribution in [3.8, 4) is 5.75 Å². The second kappa shape index (κ2) is 7.11. The van der Waals surface area contributed by atoms with E-state index < -0.39 is 0 Å². The number of methoxy groups -OCH3 is 1. The molecule has 1 aliphatic rings. The highest BCUT2D eigenvalue weighted by atomic mass is 79.9. The maximum Gasteiger partial charge on any atom is 0.254 e. The minimum atomic E-state index is 0.133. The average molecular weight is 340 g/mol. The normalized spacial score (nSPS) is 14.8. The van der Waals surface area contributed by atoms with Gasteiger partial charge in [-0.2, -0.15) is 0 Å². The Morgan fingerprint density at radius 1 is 1.45 bits per heavy atom. The lowest BCUT2D eigenvalue weighted by molar-refractivity contribution is 0.0581. The number of rotatable bonds is 6. The van der Waals surface area contributed by atoms with Crippen LogP contribution in [0.3, 0.4) is 0 Å². The molecule has 1 aliphatic carbocycles. The fourth-order valence-electron chi connectivity index (χ4n) is 2.50. The first-order chi connectivity index (χ1) is 9.67. The molecule has 0 aromatic heterocycles. The van der Waals surface area contributed by atoms with Crippen molar-refractivity contribution in [3.63, 3.8) is 0 Å². The number of nitrogens with zero attached hydrogens (tertiary/aromatic N) is 1. The van der Waals surface area contributed by atoms with Crippen molar-refractivity contribution in [1.29, 1.82) is 0 Å². The van der Waals surface area contributed by atoms with Gasteiger partial charge in [-0.15, -0.1) is 0 Å². The first-order valence-corrected chi connectivity index (χ1v) is 8.31. The van der Waals surface area contributed by atoms with E-state index in [0.29, 0.717) is 6.04 Å². The van der Waals surface area contributed by atoms with Crippen molar-refractivity contribution >= 4 is 21.8 Å². The highest BCUT2D eigenvalue weighted by Gasteiger charge is 2.29. The predicted molar refractivity (Wildman–Crippen MR) is 84.8 cm³/mol. The molecule has 1 saturated carbocycles. The van der Waals surface area contributed by atoms with Crippen LogP contribution in [0, 0.1) is 6.92 Å². The van der Waals surface area contributed by atoms with Crippen LogP contribution in [0.1, 0.15) is 41.6 Å². The van der Waals surface area contributed by atoms with Gasteiger partial charge in [-0.1, -0.05) is 22.0 Å². The number of alkyl halides is 1. The summed E-state index contributed by atoms with van der Waals surface area (Å²) in [6, 6.07) is 6.14. The Morgan fingerprint density at radius 2 is 2.20 bits per heavy atom. The Labute approximate surface area is 129 Å². The molecule has 4 heteroatoms. The number of halogens is 1. The summed E-state index contributed by atoms with van der Waals surface area (Å²) >= 11 is 3.45. The highest BCUT2D eigenvalue weighted by Crippen LogP contribution is 2.28.